The second kappa shape index (κ2) is 7.80. The van der Waals surface area contributed by atoms with Crippen molar-refractivity contribution in [2.75, 3.05) is 31.6 Å². The number of piperidine rings is 1. The van der Waals surface area contributed by atoms with E-state index in [4.69, 9.17) is 9.47 Å². The van der Waals surface area contributed by atoms with E-state index in [1.165, 1.54) is 5.56 Å². The van der Waals surface area contributed by atoms with Crippen molar-refractivity contribution in [3.63, 3.8) is 0 Å². The largest absolute Gasteiger partial charge is 0.347 e. The Bertz CT molecular complexity index is 760. The standard InChI is InChI=1S/C22H26N2O3/c1-17-7-9-19(10-8-17)23-21(25)20(18-5-3-2-4-6-18)24-13-11-22(12-14-24)26-15-16-27-22/h2-10,20H,11-16H2,1H3,(H,23,25). The molecule has 27 heavy (non-hydrogen) atoms. The lowest BCUT2D eigenvalue weighted by molar-refractivity contribution is -0.188. The van der Waals surface area contributed by atoms with Gasteiger partial charge in [-0.3, -0.25) is 9.69 Å². The maximum atomic E-state index is 13.2. The summed E-state index contributed by atoms with van der Waals surface area (Å²) in [5.74, 6) is -0.445. The van der Waals surface area contributed by atoms with Crippen LogP contribution in [-0.2, 0) is 14.3 Å². The third-order valence-corrected chi connectivity index (χ3v) is 5.42. The zero-order chi connectivity index (χ0) is 18.7. The number of rotatable bonds is 4. The van der Waals surface area contributed by atoms with Crippen LogP contribution in [0.5, 0.6) is 0 Å². The molecule has 1 unspecified atom stereocenters. The van der Waals surface area contributed by atoms with Crippen LogP contribution in [0.15, 0.2) is 54.6 Å². The number of anilines is 1. The topological polar surface area (TPSA) is 50.8 Å². The molecule has 0 aliphatic carbocycles. The molecular formula is C22H26N2O3. The molecule has 2 fully saturated rings. The van der Waals surface area contributed by atoms with E-state index < -0.39 is 5.79 Å². The molecule has 1 N–H and O–H groups in total. The average molecular weight is 366 g/mol. The van der Waals surface area contributed by atoms with E-state index in [9.17, 15) is 4.79 Å². The highest BCUT2D eigenvalue weighted by molar-refractivity contribution is 5.95. The van der Waals surface area contributed by atoms with Gasteiger partial charge in [0.1, 0.15) is 6.04 Å². The number of nitrogens with zero attached hydrogens (tertiary/aromatic N) is 1. The Morgan fingerprint density at radius 2 is 1.63 bits per heavy atom. The first-order valence-corrected chi connectivity index (χ1v) is 9.60. The van der Waals surface area contributed by atoms with Gasteiger partial charge in [0.05, 0.1) is 13.2 Å². The minimum absolute atomic E-state index is 0.00531. The SMILES string of the molecule is Cc1ccc(NC(=O)C(c2ccccc2)N2CCC3(CC2)OCCO3)cc1. The Balaban J connectivity index is 1.52. The van der Waals surface area contributed by atoms with Gasteiger partial charge < -0.3 is 14.8 Å². The van der Waals surface area contributed by atoms with Crippen LogP contribution in [-0.4, -0.2) is 42.9 Å². The Morgan fingerprint density at radius 1 is 1.00 bits per heavy atom. The van der Waals surface area contributed by atoms with Crippen LogP contribution >= 0.6 is 0 Å². The van der Waals surface area contributed by atoms with Gasteiger partial charge in [-0.05, 0) is 24.6 Å². The molecule has 0 saturated carbocycles. The molecule has 2 saturated heterocycles. The fraction of sp³-hybridized carbons (Fsp3) is 0.409. The number of carbonyl (C=O) groups excluding carboxylic acids is 1. The van der Waals surface area contributed by atoms with Crippen molar-refractivity contribution in [1.82, 2.24) is 4.90 Å². The first-order chi connectivity index (χ1) is 13.2. The summed E-state index contributed by atoms with van der Waals surface area (Å²) in [6, 6.07) is 17.6. The van der Waals surface area contributed by atoms with Crippen LogP contribution in [0, 0.1) is 6.92 Å². The maximum Gasteiger partial charge on any atom is 0.246 e. The van der Waals surface area contributed by atoms with Gasteiger partial charge in [0.2, 0.25) is 5.91 Å². The number of aryl methyl sites for hydroxylation is 1. The average Bonchev–Trinajstić information content (AvgIpc) is 3.14. The third-order valence-electron chi connectivity index (χ3n) is 5.42. The molecule has 2 aromatic carbocycles. The highest BCUT2D eigenvalue weighted by atomic mass is 16.7. The van der Waals surface area contributed by atoms with Gasteiger partial charge in [0, 0.05) is 31.6 Å². The summed E-state index contributed by atoms with van der Waals surface area (Å²) >= 11 is 0. The van der Waals surface area contributed by atoms with Gasteiger partial charge in [-0.15, -0.1) is 0 Å². The van der Waals surface area contributed by atoms with Gasteiger partial charge in [-0.2, -0.15) is 0 Å². The maximum absolute atomic E-state index is 13.2. The molecule has 0 radical (unpaired) electrons. The summed E-state index contributed by atoms with van der Waals surface area (Å²) < 4.78 is 11.7. The van der Waals surface area contributed by atoms with E-state index in [1.807, 2.05) is 61.5 Å². The molecule has 0 bridgehead atoms. The Hall–Kier alpha value is -2.21. The molecule has 2 heterocycles. The Morgan fingerprint density at radius 3 is 2.26 bits per heavy atom. The molecule has 4 rings (SSSR count). The number of nitrogens with one attached hydrogen (secondary N) is 1. The number of benzene rings is 2. The molecule has 142 valence electrons. The third kappa shape index (κ3) is 4.05. The van der Waals surface area contributed by atoms with Crippen LogP contribution in [0.3, 0.4) is 0 Å². The van der Waals surface area contributed by atoms with Gasteiger partial charge >= 0.3 is 0 Å². The minimum Gasteiger partial charge on any atom is -0.347 e. The molecule has 2 aliphatic rings. The number of amides is 1. The number of carbonyl (C=O) groups is 1. The van der Waals surface area contributed by atoms with E-state index in [0.717, 1.165) is 37.2 Å². The van der Waals surface area contributed by atoms with E-state index >= 15 is 0 Å². The number of hydrogen-bond donors (Lipinski definition) is 1. The van der Waals surface area contributed by atoms with E-state index in [-0.39, 0.29) is 11.9 Å². The lowest BCUT2D eigenvalue weighted by Gasteiger charge is -2.40. The van der Waals surface area contributed by atoms with Crippen molar-refractivity contribution < 1.29 is 14.3 Å². The minimum atomic E-state index is -0.439. The Kier molecular flexibility index (Phi) is 5.25. The second-order valence-corrected chi connectivity index (χ2v) is 7.31. The highest BCUT2D eigenvalue weighted by Crippen LogP contribution is 2.35. The number of hydrogen-bond acceptors (Lipinski definition) is 4. The van der Waals surface area contributed by atoms with Gasteiger partial charge in [-0.25, -0.2) is 0 Å². The Labute approximate surface area is 160 Å². The van der Waals surface area contributed by atoms with Gasteiger partial charge in [-0.1, -0.05) is 48.0 Å². The van der Waals surface area contributed by atoms with Crippen molar-refractivity contribution in [2.45, 2.75) is 31.6 Å². The fourth-order valence-electron chi connectivity index (χ4n) is 3.92. The van der Waals surface area contributed by atoms with Crippen LogP contribution in [0.1, 0.15) is 30.0 Å². The lowest BCUT2D eigenvalue weighted by Crippen LogP contribution is -2.48. The summed E-state index contributed by atoms with van der Waals surface area (Å²) in [6.07, 6.45) is 1.57. The van der Waals surface area contributed by atoms with Crippen LogP contribution in [0.25, 0.3) is 0 Å². The molecule has 5 heteroatoms. The summed E-state index contributed by atoms with van der Waals surface area (Å²) in [5, 5.41) is 3.08. The van der Waals surface area contributed by atoms with Crippen molar-refractivity contribution in [3.05, 3.63) is 65.7 Å². The van der Waals surface area contributed by atoms with E-state index in [1.54, 1.807) is 0 Å². The smallest absolute Gasteiger partial charge is 0.246 e. The molecular weight excluding hydrogens is 340 g/mol. The quantitative estimate of drug-likeness (QED) is 0.900. The zero-order valence-electron chi connectivity index (χ0n) is 15.7. The molecule has 0 aromatic heterocycles. The highest BCUT2D eigenvalue weighted by Gasteiger charge is 2.42. The monoisotopic (exact) mass is 366 g/mol. The lowest BCUT2D eigenvalue weighted by atomic mass is 9.97. The normalized spacial score (nSPS) is 20.5. The summed E-state index contributed by atoms with van der Waals surface area (Å²) in [5.41, 5.74) is 3.00. The molecule has 1 spiro atoms. The molecule has 2 aromatic rings. The first-order valence-electron chi connectivity index (χ1n) is 9.60. The van der Waals surface area contributed by atoms with Crippen molar-refractivity contribution in [2.24, 2.45) is 0 Å². The number of likely N-dealkylation sites (tertiary alicyclic amines) is 1. The van der Waals surface area contributed by atoms with E-state index in [0.29, 0.717) is 13.2 Å². The van der Waals surface area contributed by atoms with Crippen molar-refractivity contribution in [1.29, 1.82) is 0 Å². The van der Waals surface area contributed by atoms with Gasteiger partial charge in [0.25, 0.3) is 0 Å². The fourth-order valence-corrected chi connectivity index (χ4v) is 3.92. The summed E-state index contributed by atoms with van der Waals surface area (Å²) in [4.78, 5) is 15.4. The molecule has 2 aliphatic heterocycles. The number of ether oxygens (including phenoxy) is 2. The van der Waals surface area contributed by atoms with Crippen LogP contribution in [0.2, 0.25) is 0 Å². The van der Waals surface area contributed by atoms with E-state index in [2.05, 4.69) is 10.2 Å². The molecule has 1 amide bonds. The molecule has 5 nitrogen and oxygen atoms in total. The zero-order valence-corrected chi connectivity index (χ0v) is 15.7. The van der Waals surface area contributed by atoms with Crippen LogP contribution in [0.4, 0.5) is 5.69 Å². The molecule has 1 atom stereocenters. The summed E-state index contributed by atoms with van der Waals surface area (Å²) in [6.45, 7) is 4.89. The first kappa shape index (κ1) is 18.2. The van der Waals surface area contributed by atoms with Crippen molar-refractivity contribution >= 4 is 11.6 Å². The predicted molar refractivity (Wildman–Crippen MR) is 104 cm³/mol. The summed E-state index contributed by atoms with van der Waals surface area (Å²) in [7, 11) is 0. The van der Waals surface area contributed by atoms with Crippen molar-refractivity contribution in [3.8, 4) is 0 Å². The predicted octanol–water partition coefficient (Wildman–Crippen LogP) is 3.51. The second-order valence-electron chi connectivity index (χ2n) is 7.31. The van der Waals surface area contributed by atoms with Gasteiger partial charge in [0.15, 0.2) is 5.79 Å². The van der Waals surface area contributed by atoms with Crippen LogP contribution < -0.4 is 5.32 Å².